The number of pyridine rings is 1. The van der Waals surface area contributed by atoms with Crippen LogP contribution in [0, 0.1) is 6.92 Å². The van der Waals surface area contributed by atoms with Gasteiger partial charge in [0.05, 0.1) is 44.7 Å². The molecule has 2 aromatic carbocycles. The van der Waals surface area contributed by atoms with Gasteiger partial charge in [-0.1, -0.05) is 48.3 Å². The van der Waals surface area contributed by atoms with Gasteiger partial charge in [0.2, 0.25) is 5.88 Å². The number of nitrogens with zero attached hydrogens (tertiary/aromatic N) is 4. The second-order valence-electron chi connectivity index (χ2n) is 8.75. The number of sulfonamides is 1. The van der Waals surface area contributed by atoms with E-state index in [2.05, 4.69) is 24.8 Å². The van der Waals surface area contributed by atoms with Crippen molar-refractivity contribution in [2.75, 3.05) is 11.8 Å². The summed E-state index contributed by atoms with van der Waals surface area (Å²) in [6.07, 6.45) is 0. The molecular formula is C26H25Cl2N5O5S. The smallest absolute Gasteiger partial charge is 0.337 e. The molecule has 13 heteroatoms. The largest absolute Gasteiger partial charge is 0.471 e. The van der Waals surface area contributed by atoms with E-state index in [0.29, 0.717) is 32.8 Å². The van der Waals surface area contributed by atoms with Gasteiger partial charge in [-0.25, -0.2) is 22.9 Å². The Bertz CT molecular complexity index is 1600. The lowest BCUT2D eigenvalue weighted by Crippen LogP contribution is -2.15. The molecule has 39 heavy (non-hydrogen) atoms. The van der Waals surface area contributed by atoms with Crippen molar-refractivity contribution in [2.45, 2.75) is 38.2 Å². The normalized spacial score (nSPS) is 11.5. The Morgan fingerprint density at radius 1 is 1.05 bits per heavy atom. The third-order valence-corrected chi connectivity index (χ3v) is 7.73. The third-order valence-electron chi connectivity index (χ3n) is 5.74. The number of nitrogens with one attached hydrogen (secondary N) is 1. The summed E-state index contributed by atoms with van der Waals surface area (Å²) in [4.78, 5) is 16.0. The molecule has 0 aliphatic carbocycles. The SMILES string of the molecule is COC(=O)c1ccc(S(=O)(=O)Nc2ccc(OCc3c(C(C)C)nnn3-c3c(Cl)cccc3Cl)nc2C)cc1. The molecule has 4 aromatic rings. The van der Waals surface area contributed by atoms with E-state index in [-0.39, 0.29) is 34.6 Å². The molecule has 0 amide bonds. The number of halogens is 2. The van der Waals surface area contributed by atoms with Gasteiger partial charge in [0.25, 0.3) is 10.0 Å². The summed E-state index contributed by atoms with van der Waals surface area (Å²) in [6, 6.07) is 13.7. The van der Waals surface area contributed by atoms with Gasteiger partial charge in [0, 0.05) is 6.07 Å². The highest BCUT2D eigenvalue weighted by Gasteiger charge is 2.22. The van der Waals surface area contributed by atoms with E-state index in [9.17, 15) is 13.2 Å². The first-order valence-corrected chi connectivity index (χ1v) is 14.0. The number of hydrogen-bond donors (Lipinski definition) is 1. The van der Waals surface area contributed by atoms with Crippen LogP contribution in [0.2, 0.25) is 10.0 Å². The minimum Gasteiger partial charge on any atom is -0.471 e. The number of carbonyl (C=O) groups excluding carboxylic acids is 1. The van der Waals surface area contributed by atoms with Crippen molar-refractivity contribution in [1.29, 1.82) is 0 Å². The fraction of sp³-hybridized carbons (Fsp3) is 0.231. The Labute approximate surface area is 235 Å². The highest BCUT2D eigenvalue weighted by molar-refractivity contribution is 7.92. The van der Waals surface area contributed by atoms with Crippen molar-refractivity contribution in [2.24, 2.45) is 0 Å². The minimum absolute atomic E-state index is 0.0184. The molecule has 0 bridgehead atoms. The Morgan fingerprint density at radius 3 is 2.31 bits per heavy atom. The second-order valence-corrected chi connectivity index (χ2v) is 11.2. The van der Waals surface area contributed by atoms with E-state index in [1.807, 2.05) is 13.8 Å². The molecule has 4 rings (SSSR count). The molecular weight excluding hydrogens is 565 g/mol. The van der Waals surface area contributed by atoms with E-state index in [1.54, 1.807) is 41.9 Å². The lowest BCUT2D eigenvalue weighted by molar-refractivity contribution is 0.0600. The summed E-state index contributed by atoms with van der Waals surface area (Å²) in [7, 11) is -2.68. The van der Waals surface area contributed by atoms with Crippen LogP contribution in [0.25, 0.3) is 5.69 Å². The van der Waals surface area contributed by atoms with Gasteiger partial charge in [-0.3, -0.25) is 4.72 Å². The molecule has 0 unspecified atom stereocenters. The maximum Gasteiger partial charge on any atom is 0.337 e. The number of rotatable bonds is 9. The van der Waals surface area contributed by atoms with Crippen LogP contribution in [0.5, 0.6) is 5.88 Å². The number of ether oxygens (including phenoxy) is 2. The monoisotopic (exact) mass is 589 g/mol. The zero-order valence-electron chi connectivity index (χ0n) is 21.5. The number of para-hydroxylation sites is 1. The molecule has 0 saturated heterocycles. The van der Waals surface area contributed by atoms with Crippen LogP contribution in [-0.2, 0) is 21.4 Å². The minimum atomic E-state index is -3.93. The Balaban J connectivity index is 1.54. The first-order valence-electron chi connectivity index (χ1n) is 11.7. The van der Waals surface area contributed by atoms with E-state index >= 15 is 0 Å². The van der Waals surface area contributed by atoms with Crippen molar-refractivity contribution in [3.63, 3.8) is 0 Å². The van der Waals surface area contributed by atoms with Gasteiger partial charge in [0.1, 0.15) is 18.0 Å². The van der Waals surface area contributed by atoms with Crippen LogP contribution >= 0.6 is 23.2 Å². The average molecular weight is 590 g/mol. The van der Waals surface area contributed by atoms with Crippen molar-refractivity contribution < 1.29 is 22.7 Å². The number of aromatic nitrogens is 4. The second kappa shape index (κ2) is 11.6. The average Bonchev–Trinajstić information content (AvgIpc) is 3.32. The van der Waals surface area contributed by atoms with Crippen LogP contribution < -0.4 is 9.46 Å². The molecule has 0 spiro atoms. The van der Waals surface area contributed by atoms with Crippen molar-refractivity contribution in [3.8, 4) is 11.6 Å². The fourth-order valence-corrected chi connectivity index (χ4v) is 5.40. The molecule has 0 fully saturated rings. The molecule has 0 aliphatic heterocycles. The number of carbonyl (C=O) groups is 1. The van der Waals surface area contributed by atoms with Crippen molar-refractivity contribution >= 4 is 44.9 Å². The summed E-state index contributed by atoms with van der Waals surface area (Å²) >= 11 is 12.8. The molecule has 1 N–H and O–H groups in total. The summed E-state index contributed by atoms with van der Waals surface area (Å²) < 4.78 is 40.4. The summed E-state index contributed by atoms with van der Waals surface area (Å²) in [6.45, 7) is 5.68. The Morgan fingerprint density at radius 2 is 1.72 bits per heavy atom. The first-order chi connectivity index (χ1) is 18.5. The zero-order valence-corrected chi connectivity index (χ0v) is 23.8. The van der Waals surface area contributed by atoms with Gasteiger partial charge < -0.3 is 9.47 Å². The summed E-state index contributed by atoms with van der Waals surface area (Å²) in [5.41, 5.74) is 2.77. The van der Waals surface area contributed by atoms with Gasteiger partial charge >= 0.3 is 5.97 Å². The molecule has 0 atom stereocenters. The molecule has 2 heterocycles. The zero-order chi connectivity index (χ0) is 28.3. The van der Waals surface area contributed by atoms with E-state index in [1.165, 1.54) is 31.4 Å². The third kappa shape index (κ3) is 6.16. The Hall–Kier alpha value is -3.67. The lowest BCUT2D eigenvalue weighted by atomic mass is 10.1. The highest BCUT2D eigenvalue weighted by Crippen LogP contribution is 2.31. The van der Waals surface area contributed by atoms with Crippen molar-refractivity contribution in [3.05, 3.63) is 87.3 Å². The standard InChI is InChI=1S/C26H25Cl2N5O5S/c1-15(2)24-22(33(32-30-24)25-19(27)6-5-7-20(25)28)14-38-23-13-12-21(16(3)29-23)31-39(35,36)18-10-8-17(9-11-18)26(34)37-4/h5-13,15,31H,14H2,1-4H3. The van der Waals surface area contributed by atoms with E-state index in [4.69, 9.17) is 27.9 Å². The topological polar surface area (TPSA) is 125 Å². The number of esters is 1. The summed E-state index contributed by atoms with van der Waals surface area (Å²) in [5, 5.41) is 9.38. The quantitative estimate of drug-likeness (QED) is 0.251. The van der Waals surface area contributed by atoms with Gasteiger partial charge in [-0.15, -0.1) is 5.10 Å². The van der Waals surface area contributed by atoms with Crippen LogP contribution in [0.3, 0.4) is 0 Å². The van der Waals surface area contributed by atoms with Gasteiger partial charge in [-0.05, 0) is 55.3 Å². The van der Waals surface area contributed by atoms with E-state index < -0.39 is 16.0 Å². The predicted molar refractivity (Wildman–Crippen MR) is 147 cm³/mol. The first kappa shape index (κ1) is 28.3. The van der Waals surface area contributed by atoms with Gasteiger partial charge in [-0.2, -0.15) is 0 Å². The maximum atomic E-state index is 12.9. The molecule has 204 valence electrons. The molecule has 0 saturated carbocycles. The van der Waals surface area contributed by atoms with Crippen LogP contribution in [-0.4, -0.2) is 41.5 Å². The van der Waals surface area contributed by atoms with E-state index in [0.717, 1.165) is 0 Å². The van der Waals surface area contributed by atoms with Crippen LogP contribution in [0.4, 0.5) is 5.69 Å². The number of benzene rings is 2. The molecule has 0 aliphatic rings. The fourth-order valence-electron chi connectivity index (χ4n) is 3.73. The maximum absolute atomic E-state index is 12.9. The van der Waals surface area contributed by atoms with Crippen molar-refractivity contribution in [1.82, 2.24) is 20.0 Å². The predicted octanol–water partition coefficient (Wildman–Crippen LogP) is 5.57. The lowest BCUT2D eigenvalue weighted by Gasteiger charge is -2.14. The van der Waals surface area contributed by atoms with Crippen LogP contribution in [0.15, 0.2) is 59.5 Å². The van der Waals surface area contributed by atoms with Crippen LogP contribution in [0.1, 0.15) is 47.2 Å². The molecule has 0 radical (unpaired) electrons. The Kier molecular flexibility index (Phi) is 8.43. The molecule has 10 nitrogen and oxygen atoms in total. The summed E-state index contributed by atoms with van der Waals surface area (Å²) in [5.74, 6) is -0.241. The highest BCUT2D eigenvalue weighted by atomic mass is 35.5. The van der Waals surface area contributed by atoms with Gasteiger partial charge in [0.15, 0.2) is 0 Å². The molecule has 2 aromatic heterocycles. The number of methoxy groups -OCH3 is 1. The number of anilines is 1. The number of aryl methyl sites for hydroxylation is 1. The number of hydrogen-bond acceptors (Lipinski definition) is 8.